The van der Waals surface area contributed by atoms with Crippen molar-refractivity contribution in [2.24, 2.45) is 0 Å². The molecule has 5 rings (SSSR count). The molecule has 0 spiro atoms. The van der Waals surface area contributed by atoms with Crippen LogP contribution in [0.2, 0.25) is 10.0 Å². The van der Waals surface area contributed by atoms with Crippen LogP contribution < -0.4 is 5.32 Å². The van der Waals surface area contributed by atoms with Crippen LogP contribution in [0.1, 0.15) is 40.4 Å². The van der Waals surface area contributed by atoms with Crippen LogP contribution in [0.3, 0.4) is 0 Å². The highest BCUT2D eigenvalue weighted by Gasteiger charge is 2.29. The standard InChI is InChI=1S/C25H26Cl2N4O2/c26-19-5-3-6-20(27)23(19)16-8-11-30(12-9-16)14-18-17-4-1-2-7-21(17)29-24(18)25(33)31-13-10-28-22(32)15-31/h1-7,16,29H,8-15H2,(H,28,32). The van der Waals surface area contributed by atoms with Crippen molar-refractivity contribution in [2.75, 3.05) is 32.7 Å². The number of rotatable bonds is 4. The summed E-state index contributed by atoms with van der Waals surface area (Å²) in [5, 5.41) is 5.30. The lowest BCUT2D eigenvalue weighted by molar-refractivity contribution is -0.123. The maximum absolute atomic E-state index is 13.4. The third-order valence-corrected chi connectivity index (χ3v) is 7.39. The molecule has 0 atom stereocenters. The lowest BCUT2D eigenvalue weighted by Gasteiger charge is -2.33. The van der Waals surface area contributed by atoms with Gasteiger partial charge in [0.1, 0.15) is 5.69 Å². The van der Waals surface area contributed by atoms with E-state index in [1.54, 1.807) is 4.90 Å². The highest BCUT2D eigenvalue weighted by molar-refractivity contribution is 6.36. The van der Waals surface area contributed by atoms with Gasteiger partial charge < -0.3 is 15.2 Å². The van der Waals surface area contributed by atoms with Gasteiger partial charge in [0.25, 0.3) is 5.91 Å². The number of H-pyrrole nitrogens is 1. The molecule has 3 aromatic rings. The van der Waals surface area contributed by atoms with Crippen LogP contribution >= 0.6 is 23.2 Å². The number of fused-ring (bicyclic) bond motifs is 1. The first-order chi connectivity index (χ1) is 16.0. The zero-order valence-electron chi connectivity index (χ0n) is 18.2. The van der Waals surface area contributed by atoms with Crippen molar-refractivity contribution in [2.45, 2.75) is 25.3 Å². The van der Waals surface area contributed by atoms with Crippen LogP contribution in [0.15, 0.2) is 42.5 Å². The number of piperazine rings is 1. The van der Waals surface area contributed by atoms with E-state index in [9.17, 15) is 9.59 Å². The number of aromatic amines is 1. The van der Waals surface area contributed by atoms with E-state index in [0.29, 0.717) is 31.2 Å². The van der Waals surface area contributed by atoms with E-state index in [2.05, 4.69) is 21.3 Å². The number of para-hydroxylation sites is 1. The van der Waals surface area contributed by atoms with E-state index >= 15 is 0 Å². The molecule has 0 unspecified atom stereocenters. The van der Waals surface area contributed by atoms with Crippen molar-refractivity contribution in [1.29, 1.82) is 0 Å². The Morgan fingerprint density at radius 1 is 1.00 bits per heavy atom. The summed E-state index contributed by atoms with van der Waals surface area (Å²) >= 11 is 12.9. The highest BCUT2D eigenvalue weighted by atomic mass is 35.5. The van der Waals surface area contributed by atoms with Crippen LogP contribution in [0.4, 0.5) is 0 Å². The van der Waals surface area contributed by atoms with Crippen molar-refractivity contribution < 1.29 is 9.59 Å². The number of carbonyl (C=O) groups excluding carboxylic acids is 2. The first-order valence-corrected chi connectivity index (χ1v) is 12.1. The second kappa shape index (κ2) is 9.37. The molecule has 0 aliphatic carbocycles. The predicted octanol–water partition coefficient (Wildman–Crippen LogP) is 4.43. The quantitative estimate of drug-likeness (QED) is 0.575. The molecule has 6 nitrogen and oxygen atoms in total. The Morgan fingerprint density at radius 2 is 1.73 bits per heavy atom. The third kappa shape index (κ3) is 4.47. The van der Waals surface area contributed by atoms with Gasteiger partial charge in [-0.25, -0.2) is 0 Å². The van der Waals surface area contributed by atoms with Crippen LogP contribution in [0.5, 0.6) is 0 Å². The Hall–Kier alpha value is -2.54. The lowest BCUT2D eigenvalue weighted by Crippen LogP contribution is -2.50. The maximum Gasteiger partial charge on any atom is 0.271 e. The molecule has 8 heteroatoms. The summed E-state index contributed by atoms with van der Waals surface area (Å²) in [6.45, 7) is 3.56. The molecule has 2 aliphatic heterocycles. The molecule has 1 aromatic heterocycles. The topological polar surface area (TPSA) is 68.4 Å². The van der Waals surface area contributed by atoms with E-state index in [-0.39, 0.29) is 18.4 Å². The van der Waals surface area contributed by atoms with E-state index in [4.69, 9.17) is 23.2 Å². The van der Waals surface area contributed by atoms with Gasteiger partial charge >= 0.3 is 0 Å². The normalized spacial score (nSPS) is 18.0. The number of halogens is 2. The number of benzene rings is 2. The molecule has 2 N–H and O–H groups in total. The Balaban J connectivity index is 1.36. The molecular weight excluding hydrogens is 459 g/mol. The summed E-state index contributed by atoms with van der Waals surface area (Å²) < 4.78 is 0. The van der Waals surface area contributed by atoms with Gasteiger partial charge in [-0.1, -0.05) is 47.5 Å². The Labute approximate surface area is 202 Å². The van der Waals surface area contributed by atoms with E-state index in [0.717, 1.165) is 58.0 Å². The van der Waals surface area contributed by atoms with Gasteiger partial charge in [-0.15, -0.1) is 0 Å². The predicted molar refractivity (Wildman–Crippen MR) is 131 cm³/mol. The molecule has 3 heterocycles. The minimum atomic E-state index is -0.118. The van der Waals surface area contributed by atoms with Crippen LogP contribution in [-0.4, -0.2) is 59.3 Å². The first kappa shape index (κ1) is 22.3. The fourth-order valence-corrected chi connectivity index (χ4v) is 5.73. The molecule has 0 bridgehead atoms. The van der Waals surface area contributed by atoms with Gasteiger partial charge in [0.15, 0.2) is 0 Å². The summed E-state index contributed by atoms with van der Waals surface area (Å²) in [5.41, 5.74) is 3.57. The van der Waals surface area contributed by atoms with Crippen molar-refractivity contribution >= 4 is 45.9 Å². The molecule has 2 saturated heterocycles. The zero-order chi connectivity index (χ0) is 22.9. The van der Waals surface area contributed by atoms with Crippen molar-refractivity contribution in [3.8, 4) is 0 Å². The molecule has 172 valence electrons. The van der Waals surface area contributed by atoms with E-state index in [1.807, 2.05) is 36.4 Å². The SMILES string of the molecule is O=C1CN(C(=O)c2[nH]c3ccccc3c2CN2CCC(c3c(Cl)cccc3Cl)CC2)CCN1. The third-order valence-electron chi connectivity index (χ3n) is 6.73. The van der Waals surface area contributed by atoms with Crippen molar-refractivity contribution in [3.05, 3.63) is 69.3 Å². The average Bonchev–Trinajstić information content (AvgIpc) is 3.18. The second-order valence-corrected chi connectivity index (χ2v) is 9.60. The molecule has 0 radical (unpaired) electrons. The number of amides is 2. The molecule has 0 saturated carbocycles. The first-order valence-electron chi connectivity index (χ1n) is 11.3. The lowest BCUT2D eigenvalue weighted by atomic mass is 9.89. The summed E-state index contributed by atoms with van der Waals surface area (Å²) in [5.74, 6) is 0.0970. The van der Waals surface area contributed by atoms with E-state index < -0.39 is 0 Å². The Kier molecular flexibility index (Phi) is 6.32. The van der Waals surface area contributed by atoms with Crippen molar-refractivity contribution in [1.82, 2.24) is 20.1 Å². The van der Waals surface area contributed by atoms with Gasteiger partial charge in [-0.3, -0.25) is 14.5 Å². The number of aromatic nitrogens is 1. The van der Waals surface area contributed by atoms with Crippen LogP contribution in [0, 0.1) is 0 Å². The molecule has 2 aromatic carbocycles. The largest absolute Gasteiger partial charge is 0.353 e. The number of nitrogens with zero attached hydrogens (tertiary/aromatic N) is 2. The fourth-order valence-electron chi connectivity index (χ4n) is 5.02. The number of likely N-dealkylation sites (tertiary alicyclic amines) is 1. The number of hydrogen-bond acceptors (Lipinski definition) is 3. The molecule has 33 heavy (non-hydrogen) atoms. The van der Waals surface area contributed by atoms with Gasteiger partial charge in [0, 0.05) is 46.1 Å². The number of hydrogen-bond donors (Lipinski definition) is 2. The molecule has 2 amide bonds. The molecule has 2 aliphatic rings. The summed E-state index contributed by atoms with van der Waals surface area (Å²) in [6, 6.07) is 13.7. The smallest absolute Gasteiger partial charge is 0.271 e. The van der Waals surface area contributed by atoms with Crippen LogP contribution in [-0.2, 0) is 11.3 Å². The van der Waals surface area contributed by atoms with Crippen molar-refractivity contribution in [3.63, 3.8) is 0 Å². The minimum Gasteiger partial charge on any atom is -0.353 e. The second-order valence-electron chi connectivity index (χ2n) is 8.79. The Morgan fingerprint density at radius 3 is 2.45 bits per heavy atom. The number of carbonyl (C=O) groups is 2. The fraction of sp³-hybridized carbons (Fsp3) is 0.360. The van der Waals surface area contributed by atoms with Gasteiger partial charge in [-0.05, 0) is 55.6 Å². The number of piperidine rings is 1. The monoisotopic (exact) mass is 484 g/mol. The molecular formula is C25H26Cl2N4O2. The summed E-state index contributed by atoms with van der Waals surface area (Å²) in [7, 11) is 0. The van der Waals surface area contributed by atoms with Gasteiger partial charge in [0.05, 0.1) is 6.54 Å². The number of nitrogens with one attached hydrogen (secondary N) is 2. The van der Waals surface area contributed by atoms with Crippen LogP contribution in [0.25, 0.3) is 10.9 Å². The van der Waals surface area contributed by atoms with E-state index in [1.165, 1.54) is 0 Å². The zero-order valence-corrected chi connectivity index (χ0v) is 19.8. The minimum absolute atomic E-state index is 0.0949. The highest BCUT2D eigenvalue weighted by Crippen LogP contribution is 2.38. The average molecular weight is 485 g/mol. The summed E-state index contributed by atoms with van der Waals surface area (Å²) in [4.78, 5) is 32.5. The van der Waals surface area contributed by atoms with Gasteiger partial charge in [-0.2, -0.15) is 0 Å². The maximum atomic E-state index is 13.4. The summed E-state index contributed by atoms with van der Waals surface area (Å²) in [6.07, 6.45) is 1.92. The molecule has 2 fully saturated rings. The van der Waals surface area contributed by atoms with Gasteiger partial charge in [0.2, 0.25) is 5.91 Å². The Bertz CT molecular complexity index is 1180.